The van der Waals surface area contributed by atoms with Crippen LogP contribution in [-0.2, 0) is 7.05 Å². The molecule has 3 nitrogen and oxygen atoms in total. The predicted molar refractivity (Wildman–Crippen MR) is 72.9 cm³/mol. The molecular weight excluding hydrogens is 297 g/mol. The van der Waals surface area contributed by atoms with Gasteiger partial charge in [-0.15, -0.1) is 0 Å². The second-order valence-electron chi connectivity index (χ2n) is 4.23. The van der Waals surface area contributed by atoms with Gasteiger partial charge in [-0.25, -0.2) is 4.39 Å². The molecule has 0 aliphatic rings. The van der Waals surface area contributed by atoms with Gasteiger partial charge in [0.15, 0.2) is 0 Å². The minimum absolute atomic E-state index is 0.198. The van der Waals surface area contributed by atoms with Crippen LogP contribution >= 0.6 is 15.9 Å². The van der Waals surface area contributed by atoms with Gasteiger partial charge in [0.25, 0.3) is 0 Å². The van der Waals surface area contributed by atoms with Gasteiger partial charge in [-0.3, -0.25) is 4.68 Å². The van der Waals surface area contributed by atoms with E-state index in [0.29, 0.717) is 5.56 Å². The Morgan fingerprint density at radius 2 is 2.11 bits per heavy atom. The second kappa shape index (κ2) is 5.20. The Balaban J connectivity index is 2.51. The summed E-state index contributed by atoms with van der Waals surface area (Å²) in [6.45, 7) is 1.93. The van der Waals surface area contributed by atoms with E-state index in [1.54, 1.807) is 16.8 Å². The monoisotopic (exact) mass is 311 g/mol. The summed E-state index contributed by atoms with van der Waals surface area (Å²) in [6, 6.07) is 4.76. The summed E-state index contributed by atoms with van der Waals surface area (Å²) in [5.41, 5.74) is 2.50. The van der Waals surface area contributed by atoms with Gasteiger partial charge in [-0.05, 0) is 32.2 Å². The van der Waals surface area contributed by atoms with Crippen molar-refractivity contribution < 1.29 is 4.39 Å². The summed E-state index contributed by atoms with van der Waals surface area (Å²) in [5, 5.41) is 7.44. The number of rotatable bonds is 3. The van der Waals surface area contributed by atoms with Gasteiger partial charge in [0.2, 0.25) is 0 Å². The van der Waals surface area contributed by atoms with Crippen LogP contribution in [0, 0.1) is 12.7 Å². The first-order valence-corrected chi connectivity index (χ1v) is 6.44. The fraction of sp³-hybridized carbons (Fsp3) is 0.308. The topological polar surface area (TPSA) is 29.9 Å². The maximum Gasteiger partial charge on any atom is 0.128 e. The lowest BCUT2D eigenvalue weighted by Gasteiger charge is -2.17. The average Bonchev–Trinajstić information content (AvgIpc) is 2.64. The van der Waals surface area contributed by atoms with E-state index in [1.807, 2.05) is 27.2 Å². The highest BCUT2D eigenvalue weighted by molar-refractivity contribution is 9.10. The summed E-state index contributed by atoms with van der Waals surface area (Å²) in [4.78, 5) is 0. The molecule has 2 rings (SSSR count). The van der Waals surface area contributed by atoms with E-state index in [9.17, 15) is 4.39 Å². The number of hydrogen-bond acceptors (Lipinski definition) is 2. The SMILES string of the molecule is CNC(c1cc(Br)ccc1F)c1cn(C)nc1C. The number of hydrogen-bond donors (Lipinski definition) is 1. The number of benzene rings is 1. The predicted octanol–water partition coefficient (Wildman–Crippen LogP) is 2.94. The first-order valence-electron chi connectivity index (χ1n) is 5.65. The highest BCUT2D eigenvalue weighted by atomic mass is 79.9. The molecule has 1 heterocycles. The van der Waals surface area contributed by atoms with Crippen molar-refractivity contribution in [1.29, 1.82) is 0 Å². The lowest BCUT2D eigenvalue weighted by atomic mass is 9.99. The van der Waals surface area contributed by atoms with E-state index in [4.69, 9.17) is 0 Å². The molecule has 96 valence electrons. The van der Waals surface area contributed by atoms with Crippen LogP contribution in [0.15, 0.2) is 28.9 Å². The van der Waals surface area contributed by atoms with Crippen molar-refractivity contribution in [3.05, 3.63) is 51.5 Å². The Morgan fingerprint density at radius 1 is 1.39 bits per heavy atom. The third-order valence-corrected chi connectivity index (χ3v) is 3.41. The molecule has 1 aromatic heterocycles. The minimum atomic E-state index is -0.221. The zero-order chi connectivity index (χ0) is 13.3. The Bertz CT molecular complexity index is 565. The fourth-order valence-corrected chi connectivity index (χ4v) is 2.49. The zero-order valence-electron chi connectivity index (χ0n) is 10.5. The van der Waals surface area contributed by atoms with Crippen LogP contribution in [0.25, 0.3) is 0 Å². The van der Waals surface area contributed by atoms with E-state index in [1.165, 1.54) is 6.07 Å². The van der Waals surface area contributed by atoms with Gasteiger partial charge in [0.05, 0.1) is 11.7 Å². The van der Waals surface area contributed by atoms with Gasteiger partial charge < -0.3 is 5.32 Å². The molecule has 5 heteroatoms. The molecule has 2 aromatic rings. The van der Waals surface area contributed by atoms with Crippen molar-refractivity contribution >= 4 is 15.9 Å². The van der Waals surface area contributed by atoms with Crippen LogP contribution in [0.1, 0.15) is 22.9 Å². The Morgan fingerprint density at radius 3 is 2.67 bits per heavy atom. The molecule has 1 N–H and O–H groups in total. The third-order valence-electron chi connectivity index (χ3n) is 2.92. The van der Waals surface area contributed by atoms with Crippen LogP contribution in [0.3, 0.4) is 0 Å². The molecule has 0 spiro atoms. The van der Waals surface area contributed by atoms with Crippen LogP contribution in [-0.4, -0.2) is 16.8 Å². The second-order valence-corrected chi connectivity index (χ2v) is 5.15. The lowest BCUT2D eigenvalue weighted by molar-refractivity contribution is 0.574. The van der Waals surface area contributed by atoms with Crippen LogP contribution < -0.4 is 5.32 Å². The molecule has 1 unspecified atom stereocenters. The summed E-state index contributed by atoms with van der Waals surface area (Å²) in [6.07, 6.45) is 1.91. The largest absolute Gasteiger partial charge is 0.309 e. The van der Waals surface area contributed by atoms with Crippen LogP contribution in [0.2, 0.25) is 0 Å². The lowest BCUT2D eigenvalue weighted by Crippen LogP contribution is -2.19. The standard InChI is InChI=1S/C13H15BrFN3/c1-8-11(7-18(3)17-8)13(16-2)10-6-9(14)4-5-12(10)15/h4-7,13,16H,1-3H3. The van der Waals surface area contributed by atoms with Crippen molar-refractivity contribution in [2.24, 2.45) is 7.05 Å². The van der Waals surface area contributed by atoms with Crippen LogP contribution in [0.5, 0.6) is 0 Å². The van der Waals surface area contributed by atoms with Gasteiger partial charge in [0.1, 0.15) is 5.82 Å². The van der Waals surface area contributed by atoms with Crippen LogP contribution in [0.4, 0.5) is 4.39 Å². The zero-order valence-corrected chi connectivity index (χ0v) is 12.1. The van der Waals surface area contributed by atoms with E-state index in [0.717, 1.165) is 15.7 Å². The molecule has 0 amide bonds. The highest BCUT2D eigenvalue weighted by Crippen LogP contribution is 2.28. The molecule has 0 fully saturated rings. The van der Waals surface area contributed by atoms with E-state index >= 15 is 0 Å². The minimum Gasteiger partial charge on any atom is -0.309 e. The molecule has 0 saturated carbocycles. The molecule has 0 aliphatic carbocycles. The summed E-state index contributed by atoms with van der Waals surface area (Å²) in [7, 11) is 3.68. The molecule has 0 saturated heterocycles. The molecule has 1 aromatic carbocycles. The first kappa shape index (κ1) is 13.2. The average molecular weight is 312 g/mol. The van der Waals surface area contributed by atoms with Crippen molar-refractivity contribution in [1.82, 2.24) is 15.1 Å². The van der Waals surface area contributed by atoms with E-state index in [2.05, 4.69) is 26.3 Å². The summed E-state index contributed by atoms with van der Waals surface area (Å²) >= 11 is 3.37. The Labute approximate surface area is 114 Å². The molecule has 18 heavy (non-hydrogen) atoms. The molecule has 0 aliphatic heterocycles. The number of nitrogens with zero attached hydrogens (tertiary/aromatic N) is 2. The molecular formula is C13H15BrFN3. The van der Waals surface area contributed by atoms with Gasteiger partial charge in [-0.2, -0.15) is 5.10 Å². The molecule has 1 atom stereocenters. The number of aromatic nitrogens is 2. The quantitative estimate of drug-likeness (QED) is 0.944. The first-order chi connectivity index (χ1) is 8.52. The summed E-state index contributed by atoms with van der Waals surface area (Å²) in [5.74, 6) is -0.221. The number of aryl methyl sites for hydroxylation is 2. The van der Waals surface area contributed by atoms with Crippen molar-refractivity contribution in [3.63, 3.8) is 0 Å². The van der Waals surface area contributed by atoms with Crippen molar-refractivity contribution in [3.8, 4) is 0 Å². The molecule has 0 bridgehead atoms. The smallest absolute Gasteiger partial charge is 0.128 e. The fourth-order valence-electron chi connectivity index (χ4n) is 2.12. The maximum atomic E-state index is 13.9. The van der Waals surface area contributed by atoms with Gasteiger partial charge in [-0.1, -0.05) is 15.9 Å². The molecule has 0 radical (unpaired) electrons. The normalized spacial score (nSPS) is 12.7. The van der Waals surface area contributed by atoms with Crippen molar-refractivity contribution in [2.45, 2.75) is 13.0 Å². The van der Waals surface area contributed by atoms with Gasteiger partial charge in [0, 0.05) is 28.8 Å². The number of halogens is 2. The third kappa shape index (κ3) is 2.47. The Kier molecular flexibility index (Phi) is 3.82. The van der Waals surface area contributed by atoms with Gasteiger partial charge >= 0.3 is 0 Å². The van der Waals surface area contributed by atoms with Crippen molar-refractivity contribution in [2.75, 3.05) is 7.05 Å². The summed E-state index contributed by atoms with van der Waals surface area (Å²) < 4.78 is 16.5. The maximum absolute atomic E-state index is 13.9. The Hall–Kier alpha value is -1.20. The van der Waals surface area contributed by atoms with E-state index < -0.39 is 0 Å². The number of nitrogens with one attached hydrogen (secondary N) is 1. The van der Waals surface area contributed by atoms with E-state index in [-0.39, 0.29) is 11.9 Å². The highest BCUT2D eigenvalue weighted by Gasteiger charge is 2.20.